The van der Waals surface area contributed by atoms with Crippen molar-refractivity contribution in [1.82, 2.24) is 5.01 Å². The smallest absolute Gasteiger partial charge is 0.274 e. The van der Waals surface area contributed by atoms with E-state index in [1.807, 2.05) is 67.6 Å². The molecule has 0 N–H and O–H groups in total. The standard InChI is InChI=1S/C22H20N2O3/c1-15-5-7-17(8-6-15)22(25)24-20(21-4-3-13-27-21)14-19(23-24)16-9-11-18(26-2)12-10-16/h3-13,20H,14H2,1-2H3. The summed E-state index contributed by atoms with van der Waals surface area (Å²) in [5, 5.41) is 6.18. The van der Waals surface area contributed by atoms with Crippen LogP contribution in [0.5, 0.6) is 5.75 Å². The third-order valence-electron chi connectivity index (χ3n) is 4.71. The van der Waals surface area contributed by atoms with E-state index in [1.165, 1.54) is 5.01 Å². The van der Waals surface area contributed by atoms with E-state index in [9.17, 15) is 4.79 Å². The zero-order valence-electron chi connectivity index (χ0n) is 15.3. The summed E-state index contributed by atoms with van der Waals surface area (Å²) < 4.78 is 10.8. The van der Waals surface area contributed by atoms with Crippen LogP contribution in [0.4, 0.5) is 0 Å². The van der Waals surface area contributed by atoms with Crippen LogP contribution in [0.25, 0.3) is 0 Å². The zero-order chi connectivity index (χ0) is 18.8. The summed E-state index contributed by atoms with van der Waals surface area (Å²) in [7, 11) is 1.64. The van der Waals surface area contributed by atoms with E-state index < -0.39 is 0 Å². The average Bonchev–Trinajstić information content (AvgIpc) is 3.38. The number of amides is 1. The number of rotatable bonds is 4. The molecule has 0 radical (unpaired) electrons. The fraction of sp³-hybridized carbons (Fsp3) is 0.182. The molecule has 1 aliphatic rings. The molecular weight excluding hydrogens is 340 g/mol. The van der Waals surface area contributed by atoms with E-state index in [2.05, 4.69) is 5.10 Å². The molecule has 5 heteroatoms. The number of methoxy groups -OCH3 is 1. The van der Waals surface area contributed by atoms with Gasteiger partial charge in [-0.05, 0) is 61.0 Å². The number of carbonyl (C=O) groups is 1. The van der Waals surface area contributed by atoms with E-state index in [1.54, 1.807) is 13.4 Å². The second-order valence-corrected chi connectivity index (χ2v) is 6.53. The van der Waals surface area contributed by atoms with Crippen molar-refractivity contribution in [1.29, 1.82) is 0 Å². The topological polar surface area (TPSA) is 55.0 Å². The van der Waals surface area contributed by atoms with E-state index in [-0.39, 0.29) is 11.9 Å². The number of hydrogen-bond donors (Lipinski definition) is 0. The Bertz CT molecular complexity index is 958. The molecule has 27 heavy (non-hydrogen) atoms. The van der Waals surface area contributed by atoms with Crippen molar-refractivity contribution < 1.29 is 13.9 Å². The van der Waals surface area contributed by atoms with Gasteiger partial charge in [0.05, 0.1) is 19.1 Å². The first-order valence-corrected chi connectivity index (χ1v) is 8.81. The summed E-state index contributed by atoms with van der Waals surface area (Å²) in [6.07, 6.45) is 2.21. The van der Waals surface area contributed by atoms with Gasteiger partial charge in [0.1, 0.15) is 17.6 Å². The summed E-state index contributed by atoms with van der Waals surface area (Å²) in [5.41, 5.74) is 3.53. The first-order valence-electron chi connectivity index (χ1n) is 8.81. The van der Waals surface area contributed by atoms with Crippen molar-refractivity contribution in [2.45, 2.75) is 19.4 Å². The van der Waals surface area contributed by atoms with E-state index >= 15 is 0 Å². The largest absolute Gasteiger partial charge is 0.497 e. The Labute approximate surface area is 157 Å². The highest BCUT2D eigenvalue weighted by Gasteiger charge is 2.35. The summed E-state index contributed by atoms with van der Waals surface area (Å²) in [4.78, 5) is 13.1. The first-order chi connectivity index (χ1) is 13.2. The minimum Gasteiger partial charge on any atom is -0.497 e. The molecule has 0 fully saturated rings. The van der Waals surface area contributed by atoms with Crippen LogP contribution in [0, 0.1) is 6.92 Å². The number of nitrogens with zero attached hydrogens (tertiary/aromatic N) is 2. The number of benzene rings is 2. The molecule has 2 aromatic carbocycles. The van der Waals surface area contributed by atoms with Gasteiger partial charge in [-0.3, -0.25) is 4.79 Å². The molecule has 2 heterocycles. The average molecular weight is 360 g/mol. The monoisotopic (exact) mass is 360 g/mol. The maximum atomic E-state index is 13.1. The summed E-state index contributed by atoms with van der Waals surface area (Å²) in [6, 6.07) is 18.7. The van der Waals surface area contributed by atoms with Gasteiger partial charge in [-0.15, -0.1) is 0 Å². The molecule has 1 atom stereocenters. The molecule has 1 unspecified atom stereocenters. The molecule has 0 saturated carbocycles. The molecule has 0 bridgehead atoms. The predicted molar refractivity (Wildman–Crippen MR) is 103 cm³/mol. The molecule has 4 rings (SSSR count). The van der Waals surface area contributed by atoms with Gasteiger partial charge in [0.15, 0.2) is 0 Å². The van der Waals surface area contributed by atoms with Crippen LogP contribution in [0.2, 0.25) is 0 Å². The van der Waals surface area contributed by atoms with Crippen LogP contribution < -0.4 is 4.74 Å². The molecule has 0 spiro atoms. The molecular formula is C22H20N2O3. The second-order valence-electron chi connectivity index (χ2n) is 6.53. The minimum atomic E-state index is -0.258. The second kappa shape index (κ2) is 7.11. The van der Waals surface area contributed by atoms with Gasteiger partial charge >= 0.3 is 0 Å². The fourth-order valence-electron chi connectivity index (χ4n) is 3.19. The number of hydrazone groups is 1. The van der Waals surface area contributed by atoms with Crippen LogP contribution >= 0.6 is 0 Å². The van der Waals surface area contributed by atoms with Gasteiger partial charge in [-0.2, -0.15) is 5.10 Å². The molecule has 1 amide bonds. The number of furan rings is 1. The quantitative estimate of drug-likeness (QED) is 0.684. The van der Waals surface area contributed by atoms with Crippen molar-refractivity contribution in [3.8, 4) is 5.75 Å². The van der Waals surface area contributed by atoms with E-state index in [0.29, 0.717) is 12.0 Å². The Morgan fingerprint density at radius 1 is 1.11 bits per heavy atom. The maximum absolute atomic E-state index is 13.1. The lowest BCUT2D eigenvalue weighted by Crippen LogP contribution is -2.26. The maximum Gasteiger partial charge on any atom is 0.274 e. The predicted octanol–water partition coefficient (Wildman–Crippen LogP) is 4.59. The van der Waals surface area contributed by atoms with Gasteiger partial charge in [-0.1, -0.05) is 17.7 Å². The highest BCUT2D eigenvalue weighted by molar-refractivity contribution is 6.05. The fourth-order valence-corrected chi connectivity index (χ4v) is 3.19. The first kappa shape index (κ1) is 17.1. The van der Waals surface area contributed by atoms with Crippen molar-refractivity contribution in [3.63, 3.8) is 0 Å². The lowest BCUT2D eigenvalue weighted by molar-refractivity contribution is 0.0693. The van der Waals surface area contributed by atoms with Gasteiger partial charge in [0.25, 0.3) is 5.91 Å². The lowest BCUT2D eigenvalue weighted by Gasteiger charge is -2.20. The summed E-state index contributed by atoms with van der Waals surface area (Å²) >= 11 is 0. The Balaban J connectivity index is 1.69. The zero-order valence-corrected chi connectivity index (χ0v) is 15.3. The molecule has 3 aromatic rings. The highest BCUT2D eigenvalue weighted by Crippen LogP contribution is 2.34. The van der Waals surface area contributed by atoms with E-state index in [4.69, 9.17) is 9.15 Å². The number of hydrogen-bond acceptors (Lipinski definition) is 4. The molecule has 1 aliphatic heterocycles. The van der Waals surface area contributed by atoms with Gasteiger partial charge in [0.2, 0.25) is 0 Å². The van der Waals surface area contributed by atoms with Crippen molar-refractivity contribution in [2.75, 3.05) is 7.11 Å². The van der Waals surface area contributed by atoms with Crippen LogP contribution in [0.1, 0.15) is 39.7 Å². The van der Waals surface area contributed by atoms with Crippen molar-refractivity contribution >= 4 is 11.6 Å². The minimum absolute atomic E-state index is 0.139. The van der Waals surface area contributed by atoms with Gasteiger partial charge < -0.3 is 9.15 Å². The SMILES string of the molecule is COc1ccc(C2=NN(C(=O)c3ccc(C)cc3)C(c3ccco3)C2)cc1. The van der Waals surface area contributed by atoms with Crippen LogP contribution in [0.15, 0.2) is 76.4 Å². The normalized spacial score (nSPS) is 16.3. The lowest BCUT2D eigenvalue weighted by atomic mass is 10.0. The van der Waals surface area contributed by atoms with Crippen molar-refractivity contribution in [3.05, 3.63) is 89.4 Å². The third-order valence-corrected chi connectivity index (χ3v) is 4.71. The van der Waals surface area contributed by atoms with Gasteiger partial charge in [-0.25, -0.2) is 5.01 Å². The van der Waals surface area contributed by atoms with Crippen LogP contribution in [0.3, 0.4) is 0 Å². The Morgan fingerprint density at radius 3 is 2.48 bits per heavy atom. The number of carbonyl (C=O) groups excluding carboxylic acids is 1. The summed E-state index contributed by atoms with van der Waals surface area (Å²) in [5.74, 6) is 1.37. The highest BCUT2D eigenvalue weighted by atomic mass is 16.5. The molecule has 0 aliphatic carbocycles. The number of aryl methyl sites for hydroxylation is 1. The third kappa shape index (κ3) is 3.36. The molecule has 0 saturated heterocycles. The van der Waals surface area contributed by atoms with Crippen LogP contribution in [-0.2, 0) is 0 Å². The Kier molecular flexibility index (Phi) is 4.50. The van der Waals surface area contributed by atoms with Crippen LogP contribution in [-0.4, -0.2) is 23.7 Å². The molecule has 1 aromatic heterocycles. The Morgan fingerprint density at radius 2 is 1.85 bits per heavy atom. The Hall–Kier alpha value is -3.34. The summed E-state index contributed by atoms with van der Waals surface area (Å²) in [6.45, 7) is 2.00. The van der Waals surface area contributed by atoms with Crippen molar-refractivity contribution in [2.24, 2.45) is 5.10 Å². The number of ether oxygens (including phenoxy) is 1. The van der Waals surface area contributed by atoms with Gasteiger partial charge in [0, 0.05) is 12.0 Å². The molecule has 136 valence electrons. The molecule has 5 nitrogen and oxygen atoms in total. The van der Waals surface area contributed by atoms with E-state index in [0.717, 1.165) is 28.3 Å².